The highest BCUT2D eigenvalue weighted by atomic mass is 15.1. The van der Waals surface area contributed by atoms with Gasteiger partial charge in [0.1, 0.15) is 0 Å². The van der Waals surface area contributed by atoms with E-state index in [1.165, 1.54) is 51.7 Å². The van der Waals surface area contributed by atoms with Crippen LogP contribution in [0.5, 0.6) is 0 Å². The van der Waals surface area contributed by atoms with Crippen molar-refractivity contribution < 1.29 is 0 Å². The molecule has 1 fully saturated rings. The van der Waals surface area contributed by atoms with Crippen molar-refractivity contribution in [3.05, 3.63) is 0 Å². The molecule has 0 amide bonds. The van der Waals surface area contributed by atoms with Gasteiger partial charge in [-0.2, -0.15) is 0 Å². The van der Waals surface area contributed by atoms with Gasteiger partial charge in [0.05, 0.1) is 0 Å². The summed E-state index contributed by atoms with van der Waals surface area (Å²) in [6.07, 6.45) is 7.04. The van der Waals surface area contributed by atoms with E-state index < -0.39 is 0 Å². The zero-order valence-corrected chi connectivity index (χ0v) is 9.60. The van der Waals surface area contributed by atoms with Crippen molar-refractivity contribution in [1.82, 2.24) is 4.90 Å². The van der Waals surface area contributed by atoms with Crippen LogP contribution in [0, 0.1) is 5.41 Å². The first kappa shape index (κ1) is 11.0. The van der Waals surface area contributed by atoms with Gasteiger partial charge in [-0.15, -0.1) is 0 Å². The highest BCUT2D eigenvalue weighted by molar-refractivity contribution is 4.67. The van der Waals surface area contributed by atoms with Crippen LogP contribution in [0.4, 0.5) is 0 Å². The largest absolute Gasteiger partial charge is 0.303 e. The Morgan fingerprint density at radius 1 is 1.00 bits per heavy atom. The number of hydrogen-bond acceptors (Lipinski definition) is 1. The predicted molar refractivity (Wildman–Crippen MR) is 59.0 cm³/mol. The molecule has 1 nitrogen and oxygen atoms in total. The molecule has 0 saturated carbocycles. The summed E-state index contributed by atoms with van der Waals surface area (Å²) in [5.74, 6) is 0. The van der Waals surface area contributed by atoms with Crippen LogP contribution in [-0.2, 0) is 0 Å². The molecule has 13 heavy (non-hydrogen) atoms. The summed E-state index contributed by atoms with van der Waals surface area (Å²) >= 11 is 0. The molecular formula is C12H25N. The lowest BCUT2D eigenvalue weighted by Gasteiger charge is -2.19. The summed E-state index contributed by atoms with van der Waals surface area (Å²) in [5, 5.41) is 0. The van der Waals surface area contributed by atoms with Crippen LogP contribution in [0.25, 0.3) is 0 Å². The summed E-state index contributed by atoms with van der Waals surface area (Å²) in [7, 11) is 0. The minimum Gasteiger partial charge on any atom is -0.303 e. The molecule has 1 aliphatic rings. The predicted octanol–water partition coefficient (Wildman–Crippen LogP) is 3.30. The van der Waals surface area contributed by atoms with Crippen LogP contribution in [-0.4, -0.2) is 24.5 Å². The molecule has 1 heterocycles. The number of likely N-dealkylation sites (tertiary alicyclic amines) is 1. The maximum Gasteiger partial charge on any atom is -0.00183 e. The number of unbranched alkanes of at least 4 members (excludes halogenated alkanes) is 1. The molecule has 0 bridgehead atoms. The van der Waals surface area contributed by atoms with Gasteiger partial charge in [-0.1, -0.05) is 27.2 Å². The molecule has 1 saturated heterocycles. The van der Waals surface area contributed by atoms with E-state index in [-0.39, 0.29) is 0 Å². The zero-order chi connectivity index (χ0) is 9.73. The fraction of sp³-hybridized carbons (Fsp3) is 1.00. The van der Waals surface area contributed by atoms with Crippen molar-refractivity contribution in [1.29, 1.82) is 0 Å². The fourth-order valence-electron chi connectivity index (χ4n) is 2.00. The summed E-state index contributed by atoms with van der Waals surface area (Å²) < 4.78 is 0. The van der Waals surface area contributed by atoms with Crippen molar-refractivity contribution in [2.45, 2.75) is 52.9 Å². The lowest BCUT2D eigenvalue weighted by molar-refractivity contribution is 0.304. The van der Waals surface area contributed by atoms with Gasteiger partial charge in [0.15, 0.2) is 0 Å². The molecule has 0 radical (unpaired) electrons. The number of nitrogens with zero attached hydrogens (tertiary/aromatic N) is 1. The van der Waals surface area contributed by atoms with Crippen LogP contribution in [0.2, 0.25) is 0 Å². The molecule has 1 heteroatoms. The quantitative estimate of drug-likeness (QED) is 0.604. The molecule has 0 atom stereocenters. The van der Waals surface area contributed by atoms with E-state index >= 15 is 0 Å². The average Bonchev–Trinajstić information content (AvgIpc) is 2.48. The van der Waals surface area contributed by atoms with E-state index in [1.807, 2.05) is 0 Å². The molecule has 0 unspecified atom stereocenters. The normalized spacial score (nSPS) is 19.6. The monoisotopic (exact) mass is 183 g/mol. The first-order valence-electron chi connectivity index (χ1n) is 5.80. The SMILES string of the molecule is CC(C)(C)CCCCN1CCCC1. The second-order valence-electron chi connectivity index (χ2n) is 5.57. The summed E-state index contributed by atoms with van der Waals surface area (Å²) in [5.41, 5.74) is 0.533. The summed E-state index contributed by atoms with van der Waals surface area (Å²) in [4.78, 5) is 2.61. The second-order valence-corrected chi connectivity index (χ2v) is 5.57. The average molecular weight is 183 g/mol. The minimum absolute atomic E-state index is 0.533. The third-order valence-corrected chi connectivity index (χ3v) is 2.85. The van der Waals surface area contributed by atoms with Crippen LogP contribution in [0.1, 0.15) is 52.9 Å². The third kappa shape index (κ3) is 5.30. The van der Waals surface area contributed by atoms with Gasteiger partial charge in [0, 0.05) is 0 Å². The lowest BCUT2D eigenvalue weighted by atomic mass is 9.90. The van der Waals surface area contributed by atoms with Crippen molar-refractivity contribution in [2.24, 2.45) is 5.41 Å². The molecule has 0 aromatic heterocycles. The van der Waals surface area contributed by atoms with Gasteiger partial charge in [-0.3, -0.25) is 0 Å². The number of rotatable bonds is 4. The first-order chi connectivity index (χ1) is 6.08. The molecule has 78 valence electrons. The Morgan fingerprint density at radius 3 is 2.15 bits per heavy atom. The van der Waals surface area contributed by atoms with Gasteiger partial charge in [0.25, 0.3) is 0 Å². The van der Waals surface area contributed by atoms with E-state index in [2.05, 4.69) is 25.7 Å². The zero-order valence-electron chi connectivity index (χ0n) is 9.60. The maximum absolute atomic E-state index is 2.61. The topological polar surface area (TPSA) is 3.24 Å². The van der Waals surface area contributed by atoms with Crippen LogP contribution < -0.4 is 0 Å². The molecule has 0 aromatic rings. The molecule has 0 aromatic carbocycles. The van der Waals surface area contributed by atoms with Crippen LogP contribution >= 0.6 is 0 Å². The van der Waals surface area contributed by atoms with E-state index in [9.17, 15) is 0 Å². The minimum atomic E-state index is 0.533. The van der Waals surface area contributed by atoms with Crippen molar-refractivity contribution in [3.63, 3.8) is 0 Å². The smallest absolute Gasteiger partial charge is 0.00183 e. The number of hydrogen-bond donors (Lipinski definition) is 0. The van der Waals surface area contributed by atoms with Crippen molar-refractivity contribution in [2.75, 3.05) is 19.6 Å². The van der Waals surface area contributed by atoms with Gasteiger partial charge < -0.3 is 4.90 Å². The Morgan fingerprint density at radius 2 is 1.62 bits per heavy atom. The van der Waals surface area contributed by atoms with Crippen LogP contribution in [0.15, 0.2) is 0 Å². The van der Waals surface area contributed by atoms with E-state index in [4.69, 9.17) is 0 Å². The van der Waals surface area contributed by atoms with Crippen LogP contribution in [0.3, 0.4) is 0 Å². The summed E-state index contributed by atoms with van der Waals surface area (Å²) in [6.45, 7) is 11.1. The Bertz CT molecular complexity index is 129. The third-order valence-electron chi connectivity index (χ3n) is 2.85. The molecule has 1 aliphatic heterocycles. The van der Waals surface area contributed by atoms with Gasteiger partial charge in [-0.25, -0.2) is 0 Å². The van der Waals surface area contributed by atoms with E-state index in [0.29, 0.717) is 5.41 Å². The molecular weight excluding hydrogens is 158 g/mol. The van der Waals surface area contributed by atoms with Crippen molar-refractivity contribution in [3.8, 4) is 0 Å². The Labute approximate surface area is 83.5 Å². The summed E-state index contributed by atoms with van der Waals surface area (Å²) in [6, 6.07) is 0. The van der Waals surface area contributed by atoms with Crippen molar-refractivity contribution >= 4 is 0 Å². The Kier molecular flexibility index (Phi) is 4.24. The molecule has 0 N–H and O–H groups in total. The molecule has 0 spiro atoms. The molecule has 1 rings (SSSR count). The second kappa shape index (κ2) is 4.99. The lowest BCUT2D eigenvalue weighted by Crippen LogP contribution is -2.20. The fourth-order valence-corrected chi connectivity index (χ4v) is 2.00. The van der Waals surface area contributed by atoms with E-state index in [0.717, 1.165) is 0 Å². The van der Waals surface area contributed by atoms with Gasteiger partial charge >= 0.3 is 0 Å². The highest BCUT2D eigenvalue weighted by Crippen LogP contribution is 2.21. The standard InChI is InChI=1S/C12H25N/c1-12(2,3)8-4-5-9-13-10-6-7-11-13/h4-11H2,1-3H3. The van der Waals surface area contributed by atoms with Gasteiger partial charge in [0.2, 0.25) is 0 Å². The highest BCUT2D eigenvalue weighted by Gasteiger charge is 2.12. The first-order valence-corrected chi connectivity index (χ1v) is 5.80. The van der Waals surface area contributed by atoms with Gasteiger partial charge in [-0.05, 0) is 50.7 Å². The maximum atomic E-state index is 2.61. The Hall–Kier alpha value is -0.0400. The molecule has 0 aliphatic carbocycles. The van der Waals surface area contributed by atoms with E-state index in [1.54, 1.807) is 0 Å². The Balaban J connectivity index is 1.94.